The van der Waals surface area contributed by atoms with Gasteiger partial charge >= 0.3 is 0 Å². The summed E-state index contributed by atoms with van der Waals surface area (Å²) in [5.41, 5.74) is 1.10. The molecule has 2 nitrogen and oxygen atoms in total. The number of rotatable bonds is 6. The average Bonchev–Trinajstić information content (AvgIpc) is 2.50. The third-order valence-electron chi connectivity index (χ3n) is 3.16. The quantitative estimate of drug-likeness (QED) is 0.848. The second-order valence-electron chi connectivity index (χ2n) is 4.85. The highest BCUT2D eigenvalue weighted by Crippen LogP contribution is 2.25. The van der Waals surface area contributed by atoms with Crippen molar-refractivity contribution in [2.24, 2.45) is 0 Å². The Morgan fingerprint density at radius 1 is 1.24 bits per heavy atom. The van der Waals surface area contributed by atoms with E-state index in [9.17, 15) is 9.50 Å². The van der Waals surface area contributed by atoms with Gasteiger partial charge in [0.1, 0.15) is 11.6 Å². The summed E-state index contributed by atoms with van der Waals surface area (Å²) in [7, 11) is 0. The Kier molecular flexibility index (Phi) is 5.59. The lowest BCUT2D eigenvalue weighted by atomic mass is 10.0. The summed E-state index contributed by atoms with van der Waals surface area (Å²) in [5, 5.41) is 10.3. The van der Waals surface area contributed by atoms with Gasteiger partial charge < -0.3 is 9.84 Å². The molecule has 0 saturated carbocycles. The molecule has 0 aliphatic rings. The highest BCUT2D eigenvalue weighted by Gasteiger charge is 2.14. The van der Waals surface area contributed by atoms with Crippen molar-refractivity contribution < 1.29 is 14.2 Å². The lowest BCUT2D eigenvalue weighted by Crippen LogP contribution is -2.04. The number of aliphatic hydroxyl groups excluding tert-OH is 1. The van der Waals surface area contributed by atoms with Gasteiger partial charge in [-0.1, -0.05) is 42.8 Å². The number of hydrogen-bond donors (Lipinski definition) is 1. The average molecular weight is 309 g/mol. The standard InChI is InChI=1S/C17H18ClFO2/c1-2-9-21-14-7-3-5-12(10-14)16(20)11-13-6-4-8-15(18)17(13)19/h3-8,10,16,20H,2,9,11H2,1H3. The molecule has 1 N–H and O–H groups in total. The van der Waals surface area contributed by atoms with E-state index in [0.29, 0.717) is 23.5 Å². The van der Waals surface area contributed by atoms with Crippen molar-refractivity contribution in [3.63, 3.8) is 0 Å². The number of hydrogen-bond acceptors (Lipinski definition) is 2. The second-order valence-corrected chi connectivity index (χ2v) is 5.26. The SMILES string of the molecule is CCCOc1cccc(C(O)Cc2cccc(Cl)c2F)c1. The highest BCUT2D eigenvalue weighted by atomic mass is 35.5. The maximum absolute atomic E-state index is 13.9. The second kappa shape index (κ2) is 7.43. The van der Waals surface area contributed by atoms with E-state index >= 15 is 0 Å². The first-order valence-corrected chi connectivity index (χ1v) is 7.33. The molecular weight excluding hydrogens is 291 g/mol. The van der Waals surface area contributed by atoms with Gasteiger partial charge in [0.2, 0.25) is 0 Å². The van der Waals surface area contributed by atoms with Crippen molar-refractivity contribution in [3.05, 3.63) is 64.4 Å². The largest absolute Gasteiger partial charge is 0.494 e. The molecule has 0 fully saturated rings. The summed E-state index contributed by atoms with van der Waals surface area (Å²) in [6.45, 7) is 2.66. The molecule has 0 radical (unpaired) electrons. The zero-order chi connectivity index (χ0) is 15.2. The Hall–Kier alpha value is -1.58. The van der Waals surface area contributed by atoms with Crippen LogP contribution in [0.1, 0.15) is 30.6 Å². The number of benzene rings is 2. The topological polar surface area (TPSA) is 29.5 Å². The molecule has 0 aromatic heterocycles. The Labute approximate surface area is 129 Å². The lowest BCUT2D eigenvalue weighted by molar-refractivity contribution is 0.176. The smallest absolute Gasteiger partial charge is 0.145 e. The van der Waals surface area contributed by atoms with Gasteiger partial charge in [-0.2, -0.15) is 0 Å². The molecule has 0 aliphatic carbocycles. The summed E-state index contributed by atoms with van der Waals surface area (Å²) < 4.78 is 19.4. The van der Waals surface area contributed by atoms with Crippen LogP contribution >= 0.6 is 11.6 Å². The molecule has 4 heteroatoms. The van der Waals surface area contributed by atoms with Crippen LogP contribution in [0.5, 0.6) is 5.75 Å². The van der Waals surface area contributed by atoms with E-state index in [4.69, 9.17) is 16.3 Å². The normalized spacial score (nSPS) is 12.2. The van der Waals surface area contributed by atoms with Gasteiger partial charge in [-0.05, 0) is 35.7 Å². The van der Waals surface area contributed by atoms with E-state index in [1.807, 2.05) is 19.1 Å². The zero-order valence-electron chi connectivity index (χ0n) is 11.9. The molecule has 1 unspecified atom stereocenters. The van der Waals surface area contributed by atoms with Gasteiger partial charge in [-0.15, -0.1) is 0 Å². The van der Waals surface area contributed by atoms with Crippen molar-refractivity contribution >= 4 is 11.6 Å². The predicted molar refractivity (Wildman–Crippen MR) is 82.3 cm³/mol. The fourth-order valence-corrected chi connectivity index (χ4v) is 2.26. The summed E-state index contributed by atoms with van der Waals surface area (Å²) in [4.78, 5) is 0. The fraction of sp³-hybridized carbons (Fsp3) is 0.294. The van der Waals surface area contributed by atoms with Crippen LogP contribution in [0, 0.1) is 5.82 Å². The van der Waals surface area contributed by atoms with Crippen molar-refractivity contribution in [1.82, 2.24) is 0 Å². The first-order valence-electron chi connectivity index (χ1n) is 6.95. The molecule has 0 aliphatic heterocycles. The minimum Gasteiger partial charge on any atom is -0.494 e. The maximum Gasteiger partial charge on any atom is 0.145 e. The lowest BCUT2D eigenvalue weighted by Gasteiger charge is -2.14. The molecule has 2 aromatic carbocycles. The van der Waals surface area contributed by atoms with Gasteiger partial charge in [-0.25, -0.2) is 4.39 Å². The van der Waals surface area contributed by atoms with E-state index < -0.39 is 11.9 Å². The zero-order valence-corrected chi connectivity index (χ0v) is 12.6. The minimum atomic E-state index is -0.803. The van der Waals surface area contributed by atoms with Crippen LogP contribution in [-0.4, -0.2) is 11.7 Å². The maximum atomic E-state index is 13.9. The van der Waals surface area contributed by atoms with Crippen LogP contribution in [0.2, 0.25) is 5.02 Å². The van der Waals surface area contributed by atoms with Gasteiger partial charge in [0.25, 0.3) is 0 Å². The molecule has 112 valence electrons. The van der Waals surface area contributed by atoms with Crippen molar-refractivity contribution in [1.29, 1.82) is 0 Å². The van der Waals surface area contributed by atoms with Gasteiger partial charge in [0, 0.05) is 6.42 Å². The summed E-state index contributed by atoms with van der Waals surface area (Å²) >= 11 is 5.75. The summed E-state index contributed by atoms with van der Waals surface area (Å²) in [5.74, 6) is 0.233. The molecule has 0 amide bonds. The van der Waals surface area contributed by atoms with E-state index in [2.05, 4.69) is 0 Å². The number of aliphatic hydroxyl groups is 1. The van der Waals surface area contributed by atoms with Crippen LogP contribution in [0.15, 0.2) is 42.5 Å². The van der Waals surface area contributed by atoms with Crippen LogP contribution in [0.4, 0.5) is 4.39 Å². The Balaban J connectivity index is 2.12. The first-order chi connectivity index (χ1) is 10.1. The fourth-order valence-electron chi connectivity index (χ4n) is 2.06. The molecule has 0 saturated heterocycles. The van der Waals surface area contributed by atoms with E-state index in [1.54, 1.807) is 24.3 Å². The molecule has 1 atom stereocenters. The van der Waals surface area contributed by atoms with Crippen molar-refractivity contribution in [3.8, 4) is 5.75 Å². The minimum absolute atomic E-state index is 0.0692. The van der Waals surface area contributed by atoms with E-state index in [-0.39, 0.29) is 11.4 Å². The van der Waals surface area contributed by atoms with E-state index in [1.165, 1.54) is 6.07 Å². The van der Waals surface area contributed by atoms with Crippen molar-refractivity contribution in [2.75, 3.05) is 6.61 Å². The molecule has 21 heavy (non-hydrogen) atoms. The van der Waals surface area contributed by atoms with Crippen LogP contribution < -0.4 is 4.74 Å². The molecule has 2 rings (SSSR count). The third kappa shape index (κ3) is 4.19. The molecule has 0 bridgehead atoms. The Bertz CT molecular complexity index is 601. The summed E-state index contributed by atoms with van der Waals surface area (Å²) in [6.07, 6.45) is 0.285. The van der Waals surface area contributed by atoms with Crippen molar-refractivity contribution in [2.45, 2.75) is 25.9 Å². The Morgan fingerprint density at radius 2 is 2.00 bits per heavy atom. The first kappa shape index (κ1) is 15.8. The molecule has 0 spiro atoms. The Morgan fingerprint density at radius 3 is 2.76 bits per heavy atom. The van der Waals surface area contributed by atoms with E-state index in [0.717, 1.165) is 6.42 Å². The van der Waals surface area contributed by atoms with Crippen LogP contribution in [0.25, 0.3) is 0 Å². The number of halogens is 2. The number of ether oxygens (including phenoxy) is 1. The molecular formula is C17H18ClFO2. The summed E-state index contributed by atoms with van der Waals surface area (Å²) in [6, 6.07) is 12.0. The van der Waals surface area contributed by atoms with Gasteiger partial charge in [0.15, 0.2) is 0 Å². The van der Waals surface area contributed by atoms with Gasteiger partial charge in [-0.3, -0.25) is 0 Å². The van der Waals surface area contributed by atoms with Gasteiger partial charge in [0.05, 0.1) is 17.7 Å². The molecule has 0 heterocycles. The molecule has 2 aromatic rings. The predicted octanol–water partition coefficient (Wildman–Crippen LogP) is 4.54. The monoisotopic (exact) mass is 308 g/mol. The van der Waals surface area contributed by atoms with Crippen LogP contribution in [-0.2, 0) is 6.42 Å². The third-order valence-corrected chi connectivity index (χ3v) is 3.45. The highest BCUT2D eigenvalue weighted by molar-refractivity contribution is 6.30. The van der Waals surface area contributed by atoms with Crippen LogP contribution in [0.3, 0.4) is 0 Å².